The molecule has 2 N–H and O–H groups in total. The minimum atomic E-state index is 0.0570. The van der Waals surface area contributed by atoms with E-state index in [4.69, 9.17) is 5.73 Å². The molecule has 0 spiro atoms. The van der Waals surface area contributed by atoms with Crippen LogP contribution in [-0.4, -0.2) is 40.0 Å². The molecule has 0 unspecified atom stereocenters. The molecule has 1 aromatic heterocycles. The van der Waals surface area contributed by atoms with Crippen molar-refractivity contribution in [3.05, 3.63) is 18.2 Å². The summed E-state index contributed by atoms with van der Waals surface area (Å²) >= 11 is 0. The van der Waals surface area contributed by atoms with Crippen LogP contribution in [0.25, 0.3) is 0 Å². The van der Waals surface area contributed by atoms with Gasteiger partial charge >= 0.3 is 0 Å². The van der Waals surface area contributed by atoms with Crippen LogP contribution in [-0.2, 0) is 6.54 Å². The molecule has 1 aliphatic rings. The van der Waals surface area contributed by atoms with Crippen LogP contribution < -0.4 is 5.73 Å². The lowest BCUT2D eigenvalue weighted by Gasteiger charge is -2.40. The van der Waals surface area contributed by atoms with Crippen LogP contribution in [0, 0.1) is 5.41 Å². The van der Waals surface area contributed by atoms with Gasteiger partial charge in [0.05, 0.1) is 6.33 Å². The first-order valence-corrected chi connectivity index (χ1v) is 7.65. The number of carbonyl (C=O) groups is 1. The second kappa shape index (κ2) is 6.39. The van der Waals surface area contributed by atoms with Crippen molar-refractivity contribution in [2.45, 2.75) is 46.1 Å². The summed E-state index contributed by atoms with van der Waals surface area (Å²) in [6.45, 7) is 7.48. The Morgan fingerprint density at radius 3 is 2.55 bits per heavy atom. The molecule has 1 aliphatic heterocycles. The van der Waals surface area contributed by atoms with Crippen LogP contribution in [0.3, 0.4) is 0 Å². The predicted octanol–water partition coefficient (Wildman–Crippen LogP) is 1.88. The lowest BCUT2D eigenvalue weighted by molar-refractivity contribution is 0.0552. The van der Waals surface area contributed by atoms with Gasteiger partial charge in [-0.1, -0.05) is 26.7 Å². The molecule has 1 fully saturated rings. The molecule has 20 heavy (non-hydrogen) atoms. The highest BCUT2D eigenvalue weighted by molar-refractivity contribution is 5.92. The quantitative estimate of drug-likeness (QED) is 0.894. The van der Waals surface area contributed by atoms with E-state index in [1.165, 1.54) is 12.8 Å². The van der Waals surface area contributed by atoms with Gasteiger partial charge in [-0.3, -0.25) is 4.79 Å². The Bertz CT molecular complexity index is 440. The molecule has 0 saturated carbocycles. The molecule has 0 aromatic carbocycles. The first-order valence-electron chi connectivity index (χ1n) is 7.65. The van der Waals surface area contributed by atoms with Crippen LogP contribution in [0.1, 0.15) is 50.0 Å². The number of piperidine rings is 1. The molecule has 0 radical (unpaired) electrons. The van der Waals surface area contributed by atoms with Crippen molar-refractivity contribution < 1.29 is 4.79 Å². The van der Waals surface area contributed by atoms with Crippen molar-refractivity contribution in [3.63, 3.8) is 0 Å². The number of amides is 1. The molecular formula is C15H26N4O. The average molecular weight is 278 g/mol. The van der Waals surface area contributed by atoms with E-state index in [0.717, 1.165) is 25.9 Å². The number of likely N-dealkylation sites (tertiary alicyclic amines) is 1. The van der Waals surface area contributed by atoms with E-state index < -0.39 is 0 Å². The summed E-state index contributed by atoms with van der Waals surface area (Å²) in [7, 11) is 0. The highest BCUT2D eigenvalue weighted by atomic mass is 16.2. The third-order valence-electron chi connectivity index (χ3n) is 4.85. The summed E-state index contributed by atoms with van der Waals surface area (Å²) in [6.07, 6.45) is 8.11. The summed E-state index contributed by atoms with van der Waals surface area (Å²) in [4.78, 5) is 18.6. The minimum absolute atomic E-state index is 0.0570. The van der Waals surface area contributed by atoms with Crippen molar-refractivity contribution in [1.29, 1.82) is 0 Å². The molecule has 5 nitrogen and oxygen atoms in total. The summed E-state index contributed by atoms with van der Waals surface area (Å²) < 4.78 is 1.87. The van der Waals surface area contributed by atoms with Crippen molar-refractivity contribution >= 4 is 5.91 Å². The Morgan fingerprint density at radius 2 is 2.00 bits per heavy atom. The zero-order valence-corrected chi connectivity index (χ0v) is 12.6. The van der Waals surface area contributed by atoms with Crippen molar-refractivity contribution in [2.24, 2.45) is 11.1 Å². The van der Waals surface area contributed by atoms with E-state index in [0.29, 0.717) is 24.2 Å². The molecule has 0 bridgehead atoms. The fraction of sp³-hybridized carbons (Fsp3) is 0.733. The van der Waals surface area contributed by atoms with Gasteiger partial charge < -0.3 is 15.2 Å². The first kappa shape index (κ1) is 15.0. The maximum absolute atomic E-state index is 12.4. The topological polar surface area (TPSA) is 64.2 Å². The smallest absolute Gasteiger partial charge is 0.274 e. The Labute approximate surface area is 121 Å². The lowest BCUT2D eigenvalue weighted by atomic mass is 9.74. The van der Waals surface area contributed by atoms with Crippen molar-refractivity contribution in [3.8, 4) is 0 Å². The Hall–Kier alpha value is -1.36. The van der Waals surface area contributed by atoms with Gasteiger partial charge in [-0.05, 0) is 18.3 Å². The standard InChI is InChI=1S/C15H26N4O/c1-3-15(4-2)5-8-19(9-6-15)14(20)13-11-18(10-7-16)12-17-13/h11-12H,3-10,16H2,1-2H3. The van der Waals surface area contributed by atoms with Crippen LogP contribution >= 0.6 is 0 Å². The van der Waals surface area contributed by atoms with Crippen LogP contribution in [0.2, 0.25) is 0 Å². The van der Waals surface area contributed by atoms with Gasteiger partial charge in [0, 0.05) is 32.4 Å². The van der Waals surface area contributed by atoms with Gasteiger partial charge in [0.1, 0.15) is 5.69 Å². The van der Waals surface area contributed by atoms with Gasteiger partial charge in [-0.2, -0.15) is 0 Å². The molecule has 2 heterocycles. The van der Waals surface area contributed by atoms with Gasteiger partial charge in [0.25, 0.3) is 5.91 Å². The zero-order chi connectivity index (χ0) is 14.6. The molecule has 112 valence electrons. The first-order chi connectivity index (χ1) is 9.64. The fourth-order valence-corrected chi connectivity index (χ4v) is 3.05. The summed E-state index contributed by atoms with van der Waals surface area (Å²) in [6, 6.07) is 0. The average Bonchev–Trinajstić information content (AvgIpc) is 2.96. The van der Waals surface area contributed by atoms with E-state index in [-0.39, 0.29) is 5.91 Å². The minimum Gasteiger partial charge on any atom is -0.337 e. The molecule has 1 saturated heterocycles. The summed E-state index contributed by atoms with van der Waals surface area (Å²) in [5.41, 5.74) is 6.49. The summed E-state index contributed by atoms with van der Waals surface area (Å²) in [5, 5.41) is 0. The van der Waals surface area contributed by atoms with E-state index in [1.807, 2.05) is 9.47 Å². The summed E-state index contributed by atoms with van der Waals surface area (Å²) in [5.74, 6) is 0.0570. The molecule has 1 aromatic rings. The normalized spacial score (nSPS) is 18.2. The van der Waals surface area contributed by atoms with Crippen molar-refractivity contribution in [1.82, 2.24) is 14.5 Å². The lowest BCUT2D eigenvalue weighted by Crippen LogP contribution is -2.42. The number of carbonyl (C=O) groups excluding carboxylic acids is 1. The van der Waals surface area contributed by atoms with Gasteiger partial charge in [-0.25, -0.2) is 4.98 Å². The van der Waals surface area contributed by atoms with Crippen LogP contribution in [0.4, 0.5) is 0 Å². The molecule has 0 atom stereocenters. The maximum atomic E-state index is 12.4. The third kappa shape index (κ3) is 3.03. The third-order valence-corrected chi connectivity index (χ3v) is 4.85. The fourth-order valence-electron chi connectivity index (χ4n) is 3.05. The van der Waals surface area contributed by atoms with E-state index >= 15 is 0 Å². The molecule has 0 aliphatic carbocycles. The number of nitrogens with zero attached hydrogens (tertiary/aromatic N) is 3. The number of imidazole rings is 1. The Morgan fingerprint density at radius 1 is 1.35 bits per heavy atom. The van der Waals surface area contributed by atoms with Crippen LogP contribution in [0.15, 0.2) is 12.5 Å². The predicted molar refractivity (Wildman–Crippen MR) is 79.4 cm³/mol. The molecule has 1 amide bonds. The number of rotatable bonds is 5. The van der Waals surface area contributed by atoms with Gasteiger partial charge in [-0.15, -0.1) is 0 Å². The monoisotopic (exact) mass is 278 g/mol. The largest absolute Gasteiger partial charge is 0.337 e. The van der Waals surface area contributed by atoms with Gasteiger partial charge in [0.15, 0.2) is 0 Å². The molecule has 5 heteroatoms. The van der Waals surface area contributed by atoms with Crippen LogP contribution in [0.5, 0.6) is 0 Å². The highest BCUT2D eigenvalue weighted by Gasteiger charge is 2.33. The zero-order valence-electron chi connectivity index (χ0n) is 12.6. The number of hydrogen-bond acceptors (Lipinski definition) is 3. The van der Waals surface area contributed by atoms with E-state index in [2.05, 4.69) is 18.8 Å². The second-order valence-corrected chi connectivity index (χ2v) is 5.78. The second-order valence-electron chi connectivity index (χ2n) is 5.78. The Kier molecular flexibility index (Phi) is 4.81. The molecule has 2 rings (SSSR count). The molecular weight excluding hydrogens is 252 g/mol. The number of aromatic nitrogens is 2. The number of hydrogen-bond donors (Lipinski definition) is 1. The van der Waals surface area contributed by atoms with E-state index in [1.54, 1.807) is 12.5 Å². The SMILES string of the molecule is CCC1(CC)CCN(C(=O)c2cn(CCN)cn2)CC1. The van der Waals surface area contributed by atoms with Crippen molar-refractivity contribution in [2.75, 3.05) is 19.6 Å². The Balaban J connectivity index is 1.97. The number of nitrogens with two attached hydrogens (primary N) is 1. The van der Waals surface area contributed by atoms with E-state index in [9.17, 15) is 4.79 Å². The highest BCUT2D eigenvalue weighted by Crippen LogP contribution is 2.38. The maximum Gasteiger partial charge on any atom is 0.274 e. The van der Waals surface area contributed by atoms with Gasteiger partial charge in [0.2, 0.25) is 0 Å².